The van der Waals surface area contributed by atoms with Crippen LogP contribution in [0, 0.1) is 11.3 Å². The summed E-state index contributed by atoms with van der Waals surface area (Å²) < 4.78 is 0. The Balaban J connectivity index is 2.57. The Kier molecular flexibility index (Phi) is 4.47. The van der Waals surface area contributed by atoms with E-state index in [1.165, 1.54) is 0 Å². The van der Waals surface area contributed by atoms with Gasteiger partial charge < -0.3 is 10.6 Å². The van der Waals surface area contributed by atoms with Crippen LogP contribution in [-0.2, 0) is 0 Å². The van der Waals surface area contributed by atoms with E-state index in [-0.39, 0.29) is 0 Å². The van der Waals surface area contributed by atoms with E-state index in [9.17, 15) is 0 Å². The molecule has 0 saturated heterocycles. The fraction of sp³-hybridized carbons (Fsp3) is 0.364. The number of nitrogens with zero attached hydrogens (tertiary/aromatic N) is 2. The first-order valence-corrected chi connectivity index (χ1v) is 5.69. The summed E-state index contributed by atoms with van der Waals surface area (Å²) in [6, 6.07) is 7.63. The molecule has 0 radical (unpaired) electrons. The van der Waals surface area contributed by atoms with Crippen LogP contribution in [0.3, 0.4) is 0 Å². The molecule has 0 saturated carbocycles. The van der Waals surface area contributed by atoms with Gasteiger partial charge in [-0.25, -0.2) is 0 Å². The quantitative estimate of drug-likeness (QED) is 0.622. The lowest BCUT2D eigenvalue weighted by Crippen LogP contribution is -2.14. The van der Waals surface area contributed by atoms with Crippen molar-refractivity contribution in [3.05, 3.63) is 23.8 Å². The highest BCUT2D eigenvalue weighted by atomic mass is 32.2. The van der Waals surface area contributed by atoms with Crippen LogP contribution < -0.4 is 5.73 Å². The van der Waals surface area contributed by atoms with Gasteiger partial charge in [-0.15, -0.1) is 11.8 Å². The molecule has 0 aliphatic heterocycles. The Morgan fingerprint density at radius 3 is 2.73 bits per heavy atom. The summed E-state index contributed by atoms with van der Waals surface area (Å²) in [7, 11) is 4.10. The topological polar surface area (TPSA) is 53.0 Å². The predicted molar refractivity (Wildman–Crippen MR) is 64.8 cm³/mol. The molecule has 80 valence electrons. The van der Waals surface area contributed by atoms with Crippen LogP contribution >= 0.6 is 11.8 Å². The first-order valence-electron chi connectivity index (χ1n) is 4.70. The van der Waals surface area contributed by atoms with E-state index in [1.807, 2.05) is 26.2 Å². The van der Waals surface area contributed by atoms with Crippen molar-refractivity contribution >= 4 is 17.4 Å². The number of thioether (sulfide) groups is 1. The number of hydrogen-bond donors (Lipinski definition) is 1. The molecule has 0 atom stereocenters. The van der Waals surface area contributed by atoms with E-state index in [1.54, 1.807) is 17.8 Å². The van der Waals surface area contributed by atoms with E-state index in [4.69, 9.17) is 11.0 Å². The predicted octanol–water partition coefficient (Wildman–Crippen LogP) is 1.79. The van der Waals surface area contributed by atoms with Crippen LogP contribution in [0.1, 0.15) is 5.56 Å². The number of nitrogens with two attached hydrogens (primary N) is 1. The second-order valence-electron chi connectivity index (χ2n) is 3.51. The van der Waals surface area contributed by atoms with Crippen molar-refractivity contribution in [2.45, 2.75) is 4.90 Å². The highest BCUT2D eigenvalue weighted by Gasteiger charge is 2.00. The zero-order chi connectivity index (χ0) is 11.3. The Labute approximate surface area is 94.9 Å². The van der Waals surface area contributed by atoms with E-state index >= 15 is 0 Å². The zero-order valence-electron chi connectivity index (χ0n) is 9.03. The highest BCUT2D eigenvalue weighted by Crippen LogP contribution is 2.22. The van der Waals surface area contributed by atoms with E-state index in [2.05, 4.69) is 11.0 Å². The largest absolute Gasteiger partial charge is 0.398 e. The van der Waals surface area contributed by atoms with Crippen molar-refractivity contribution in [2.75, 3.05) is 32.1 Å². The van der Waals surface area contributed by atoms with Crippen molar-refractivity contribution in [2.24, 2.45) is 0 Å². The summed E-state index contributed by atoms with van der Waals surface area (Å²) >= 11 is 1.75. The highest BCUT2D eigenvalue weighted by molar-refractivity contribution is 7.99. The van der Waals surface area contributed by atoms with Crippen LogP contribution in [-0.4, -0.2) is 31.3 Å². The van der Waals surface area contributed by atoms with Crippen LogP contribution in [0.2, 0.25) is 0 Å². The molecule has 4 heteroatoms. The molecule has 0 aliphatic carbocycles. The summed E-state index contributed by atoms with van der Waals surface area (Å²) in [6.45, 7) is 1.03. The van der Waals surface area contributed by atoms with Gasteiger partial charge in [0, 0.05) is 17.2 Å². The van der Waals surface area contributed by atoms with Gasteiger partial charge in [0.15, 0.2) is 0 Å². The van der Waals surface area contributed by atoms with Crippen LogP contribution in [0.4, 0.5) is 5.69 Å². The zero-order valence-corrected chi connectivity index (χ0v) is 9.84. The minimum absolute atomic E-state index is 0.548. The normalized spacial score (nSPS) is 10.3. The second-order valence-corrected chi connectivity index (χ2v) is 4.68. The molecule has 0 heterocycles. The number of benzene rings is 1. The molecular formula is C11H15N3S. The second kappa shape index (κ2) is 5.64. The molecule has 1 aromatic carbocycles. The van der Waals surface area contributed by atoms with Crippen molar-refractivity contribution in [3.8, 4) is 6.07 Å². The lowest BCUT2D eigenvalue weighted by molar-refractivity contribution is 0.437. The number of anilines is 1. The summed E-state index contributed by atoms with van der Waals surface area (Å²) in [6.07, 6.45) is 0. The Morgan fingerprint density at radius 1 is 1.47 bits per heavy atom. The van der Waals surface area contributed by atoms with Gasteiger partial charge in [-0.05, 0) is 32.3 Å². The maximum Gasteiger partial charge on any atom is 0.101 e. The van der Waals surface area contributed by atoms with E-state index < -0.39 is 0 Å². The molecular weight excluding hydrogens is 206 g/mol. The van der Waals surface area contributed by atoms with Gasteiger partial charge in [-0.3, -0.25) is 0 Å². The maximum atomic E-state index is 8.71. The Hall–Kier alpha value is -1.18. The van der Waals surface area contributed by atoms with Gasteiger partial charge in [0.25, 0.3) is 0 Å². The van der Waals surface area contributed by atoms with Gasteiger partial charge in [0.2, 0.25) is 0 Å². The molecule has 0 aliphatic rings. The molecule has 0 aromatic heterocycles. The summed E-state index contributed by atoms with van der Waals surface area (Å²) in [4.78, 5) is 3.26. The minimum Gasteiger partial charge on any atom is -0.398 e. The van der Waals surface area contributed by atoms with Gasteiger partial charge in [-0.2, -0.15) is 5.26 Å². The van der Waals surface area contributed by atoms with Gasteiger partial charge in [-0.1, -0.05) is 0 Å². The summed E-state index contributed by atoms with van der Waals surface area (Å²) in [5, 5.41) is 8.71. The summed E-state index contributed by atoms with van der Waals surface area (Å²) in [5.41, 5.74) is 6.83. The molecule has 0 bridgehead atoms. The molecule has 1 aromatic rings. The van der Waals surface area contributed by atoms with Crippen molar-refractivity contribution in [1.29, 1.82) is 5.26 Å². The molecule has 15 heavy (non-hydrogen) atoms. The Morgan fingerprint density at radius 2 is 2.20 bits per heavy atom. The SMILES string of the molecule is CN(C)CCSc1ccc(C#N)c(N)c1. The number of hydrogen-bond acceptors (Lipinski definition) is 4. The average molecular weight is 221 g/mol. The van der Waals surface area contributed by atoms with E-state index in [0.717, 1.165) is 17.2 Å². The third-order valence-electron chi connectivity index (χ3n) is 1.95. The first-order chi connectivity index (χ1) is 7.13. The standard InChI is InChI=1S/C11H15N3S/c1-14(2)5-6-15-10-4-3-9(8-12)11(13)7-10/h3-4,7H,5-6,13H2,1-2H3. The smallest absolute Gasteiger partial charge is 0.101 e. The average Bonchev–Trinajstić information content (AvgIpc) is 2.17. The van der Waals surface area contributed by atoms with Gasteiger partial charge in [0.05, 0.1) is 11.3 Å². The fourth-order valence-electron chi connectivity index (χ4n) is 1.08. The van der Waals surface area contributed by atoms with Crippen molar-refractivity contribution < 1.29 is 0 Å². The molecule has 1 rings (SSSR count). The van der Waals surface area contributed by atoms with Crippen molar-refractivity contribution in [1.82, 2.24) is 4.90 Å². The molecule has 3 nitrogen and oxygen atoms in total. The van der Waals surface area contributed by atoms with Crippen LogP contribution in [0.15, 0.2) is 23.1 Å². The van der Waals surface area contributed by atoms with Gasteiger partial charge >= 0.3 is 0 Å². The van der Waals surface area contributed by atoms with Crippen LogP contribution in [0.5, 0.6) is 0 Å². The monoisotopic (exact) mass is 221 g/mol. The van der Waals surface area contributed by atoms with Crippen molar-refractivity contribution in [3.63, 3.8) is 0 Å². The minimum atomic E-state index is 0.548. The Bertz CT molecular complexity index is 369. The molecule has 2 N–H and O–H groups in total. The number of rotatable bonds is 4. The summed E-state index contributed by atoms with van der Waals surface area (Å²) in [5.74, 6) is 1.03. The third kappa shape index (κ3) is 3.82. The molecule has 0 fully saturated rings. The number of nitrogen functional groups attached to an aromatic ring is 1. The maximum absolute atomic E-state index is 8.71. The number of nitriles is 1. The lowest BCUT2D eigenvalue weighted by atomic mass is 10.2. The third-order valence-corrected chi connectivity index (χ3v) is 2.92. The molecule has 0 spiro atoms. The molecule has 0 amide bonds. The lowest BCUT2D eigenvalue weighted by Gasteiger charge is -2.09. The fourth-order valence-corrected chi connectivity index (χ4v) is 2.15. The van der Waals surface area contributed by atoms with Crippen LogP contribution in [0.25, 0.3) is 0 Å². The first kappa shape index (κ1) is 11.9. The molecule has 0 unspecified atom stereocenters. The van der Waals surface area contributed by atoms with Gasteiger partial charge in [0.1, 0.15) is 6.07 Å². The van der Waals surface area contributed by atoms with E-state index in [0.29, 0.717) is 11.3 Å².